The predicted molar refractivity (Wildman–Crippen MR) is 135 cm³/mol. The Labute approximate surface area is 224 Å². The third-order valence-corrected chi connectivity index (χ3v) is 7.98. The highest BCUT2D eigenvalue weighted by molar-refractivity contribution is 6.31. The summed E-state index contributed by atoms with van der Waals surface area (Å²) in [7, 11) is 1.34. The number of benzene rings is 2. The van der Waals surface area contributed by atoms with E-state index in [4.69, 9.17) is 19.9 Å². The number of aliphatic hydroxyl groups is 2. The largest absolute Gasteiger partial charge is 0.507 e. The molecule has 1 heterocycles. The van der Waals surface area contributed by atoms with Crippen LogP contribution in [0.3, 0.4) is 0 Å². The van der Waals surface area contributed by atoms with Gasteiger partial charge in [-0.05, 0) is 13.0 Å². The number of nitrogens with two attached hydrogens (primary N) is 1. The van der Waals surface area contributed by atoms with Crippen molar-refractivity contribution in [3.8, 4) is 17.2 Å². The number of ether oxygens (including phenoxy) is 3. The van der Waals surface area contributed by atoms with E-state index in [1.165, 1.54) is 25.3 Å². The number of rotatable bonds is 5. The standard InChI is InChI=1S/C28H31NO10/c1-4-17(30)28(36)9-13-20(16(10-28)39-18-8-14(29)23(31)11(2)38-18)27(35)22-21(25(13)33)24(32)12-6-5-7-15(37-3)19(12)26(22)34/h5-7,11,14,16,18,23,31,33,35-36H,4,8-10,29H2,1-3H3/t11?,14-,16+,18+,23-,28+/m1/s1. The molecule has 3 aliphatic rings. The molecule has 0 radical (unpaired) electrons. The summed E-state index contributed by atoms with van der Waals surface area (Å²) in [6.07, 6.45) is -4.53. The van der Waals surface area contributed by atoms with Gasteiger partial charge in [-0.15, -0.1) is 0 Å². The van der Waals surface area contributed by atoms with Gasteiger partial charge in [0.1, 0.15) is 22.8 Å². The van der Waals surface area contributed by atoms with Crippen molar-refractivity contribution in [2.75, 3.05) is 7.11 Å². The molecule has 2 aliphatic carbocycles. The van der Waals surface area contributed by atoms with E-state index in [0.29, 0.717) is 0 Å². The number of ketones is 3. The van der Waals surface area contributed by atoms with Crippen LogP contribution in [0.1, 0.15) is 82.2 Å². The number of phenolic OH excluding ortho intramolecular Hbond substituents is 2. The lowest BCUT2D eigenvalue weighted by Gasteiger charge is -2.42. The smallest absolute Gasteiger partial charge is 0.202 e. The molecule has 0 bridgehead atoms. The minimum absolute atomic E-state index is 0.0119. The number of hydrogen-bond donors (Lipinski definition) is 5. The monoisotopic (exact) mass is 541 g/mol. The molecule has 2 aromatic rings. The number of aromatic hydroxyl groups is 2. The zero-order valence-electron chi connectivity index (χ0n) is 21.8. The highest BCUT2D eigenvalue weighted by atomic mass is 16.7. The molecular formula is C28H31NO10. The minimum Gasteiger partial charge on any atom is -0.507 e. The first kappa shape index (κ1) is 27.2. The molecule has 1 fully saturated rings. The Morgan fingerprint density at radius 1 is 1.15 bits per heavy atom. The van der Waals surface area contributed by atoms with Crippen molar-refractivity contribution in [3.63, 3.8) is 0 Å². The molecule has 1 saturated heterocycles. The SMILES string of the molecule is CCC(=O)[C@]1(O)Cc2c(O)c3c(c(O)c2[C@@H](O[C@H]2C[C@@H](N)[C@H](O)C(C)O2)C1)C(=O)c1c(OC)cccc1C3=O. The Morgan fingerprint density at radius 3 is 2.49 bits per heavy atom. The Balaban J connectivity index is 1.69. The van der Waals surface area contributed by atoms with Crippen LogP contribution in [0.15, 0.2) is 18.2 Å². The maximum Gasteiger partial charge on any atom is 0.202 e. The van der Waals surface area contributed by atoms with Gasteiger partial charge in [-0.3, -0.25) is 14.4 Å². The highest BCUT2D eigenvalue weighted by Gasteiger charge is 2.49. The first-order valence-corrected chi connectivity index (χ1v) is 12.8. The minimum atomic E-state index is -1.99. The van der Waals surface area contributed by atoms with Crippen LogP contribution in [0.2, 0.25) is 0 Å². The maximum absolute atomic E-state index is 13.7. The molecule has 2 aromatic carbocycles. The fraction of sp³-hybridized carbons (Fsp3) is 0.464. The molecule has 1 aliphatic heterocycles. The highest BCUT2D eigenvalue weighted by Crippen LogP contribution is 2.52. The van der Waals surface area contributed by atoms with Crippen molar-refractivity contribution in [1.82, 2.24) is 0 Å². The van der Waals surface area contributed by atoms with Gasteiger partial charge in [-0.1, -0.05) is 19.1 Å². The summed E-state index contributed by atoms with van der Waals surface area (Å²) in [6, 6.07) is 3.76. The molecule has 6 atom stereocenters. The van der Waals surface area contributed by atoms with Gasteiger partial charge in [0.05, 0.1) is 42.1 Å². The van der Waals surface area contributed by atoms with E-state index in [2.05, 4.69) is 0 Å². The molecule has 6 N–H and O–H groups in total. The van der Waals surface area contributed by atoms with Gasteiger partial charge in [0.2, 0.25) is 5.78 Å². The van der Waals surface area contributed by atoms with Gasteiger partial charge in [-0.2, -0.15) is 0 Å². The topological polar surface area (TPSA) is 186 Å². The molecule has 39 heavy (non-hydrogen) atoms. The van der Waals surface area contributed by atoms with Crippen LogP contribution in [-0.4, -0.2) is 75.0 Å². The maximum atomic E-state index is 13.7. The number of phenols is 2. The molecule has 0 aromatic heterocycles. The number of fused-ring (bicyclic) bond motifs is 3. The van der Waals surface area contributed by atoms with Crippen molar-refractivity contribution in [2.24, 2.45) is 5.73 Å². The van der Waals surface area contributed by atoms with Gasteiger partial charge in [0, 0.05) is 48.4 Å². The number of methoxy groups -OCH3 is 1. The molecule has 208 valence electrons. The van der Waals surface area contributed by atoms with E-state index in [1.807, 2.05) is 0 Å². The fourth-order valence-electron chi connectivity index (χ4n) is 5.93. The van der Waals surface area contributed by atoms with Crippen molar-refractivity contribution in [1.29, 1.82) is 0 Å². The van der Waals surface area contributed by atoms with Crippen molar-refractivity contribution in [3.05, 3.63) is 51.6 Å². The van der Waals surface area contributed by atoms with E-state index in [1.54, 1.807) is 13.8 Å². The summed E-state index contributed by atoms with van der Waals surface area (Å²) in [5.74, 6) is -3.07. The second-order valence-electron chi connectivity index (χ2n) is 10.4. The van der Waals surface area contributed by atoms with Crippen LogP contribution in [-0.2, 0) is 20.7 Å². The molecule has 1 unspecified atom stereocenters. The summed E-state index contributed by atoms with van der Waals surface area (Å²) in [5.41, 5.74) is 3.03. The normalized spacial score (nSPS) is 29.8. The second kappa shape index (κ2) is 9.68. The Kier molecular flexibility index (Phi) is 6.76. The molecule has 0 spiro atoms. The lowest BCUT2D eigenvalue weighted by Crippen LogP contribution is -2.52. The summed E-state index contributed by atoms with van der Waals surface area (Å²) in [5, 5.41) is 44.5. The molecule has 11 heteroatoms. The first-order valence-electron chi connectivity index (χ1n) is 12.8. The zero-order chi connectivity index (χ0) is 28.4. The van der Waals surface area contributed by atoms with E-state index in [9.17, 15) is 34.8 Å². The van der Waals surface area contributed by atoms with Crippen LogP contribution < -0.4 is 10.5 Å². The number of aliphatic hydroxyl groups excluding tert-OH is 1. The van der Waals surface area contributed by atoms with E-state index < -0.39 is 82.6 Å². The summed E-state index contributed by atoms with van der Waals surface area (Å²) < 4.78 is 17.1. The average molecular weight is 542 g/mol. The fourth-order valence-corrected chi connectivity index (χ4v) is 5.93. The quantitative estimate of drug-likeness (QED) is 0.294. The second-order valence-corrected chi connectivity index (χ2v) is 10.4. The molecule has 0 amide bonds. The molecular weight excluding hydrogens is 510 g/mol. The van der Waals surface area contributed by atoms with Gasteiger partial charge in [0.15, 0.2) is 17.9 Å². The predicted octanol–water partition coefficient (Wildman–Crippen LogP) is 1.42. The number of carbonyl (C=O) groups is 3. The molecule has 0 saturated carbocycles. The van der Waals surface area contributed by atoms with Gasteiger partial charge >= 0.3 is 0 Å². The Morgan fingerprint density at radius 2 is 1.85 bits per heavy atom. The van der Waals surface area contributed by atoms with E-state index >= 15 is 0 Å². The first-order chi connectivity index (χ1) is 18.4. The van der Waals surface area contributed by atoms with Gasteiger partial charge in [0.25, 0.3) is 0 Å². The lowest BCUT2D eigenvalue weighted by atomic mass is 9.71. The Bertz CT molecular complexity index is 1380. The van der Waals surface area contributed by atoms with Crippen LogP contribution in [0.25, 0.3) is 0 Å². The summed E-state index contributed by atoms with van der Waals surface area (Å²) in [4.78, 5) is 40.1. The summed E-state index contributed by atoms with van der Waals surface area (Å²) >= 11 is 0. The molecule has 5 rings (SSSR count). The van der Waals surface area contributed by atoms with Gasteiger partial charge < -0.3 is 40.4 Å². The lowest BCUT2D eigenvalue weighted by molar-refractivity contribution is -0.247. The molecule has 11 nitrogen and oxygen atoms in total. The van der Waals surface area contributed by atoms with Crippen LogP contribution in [0.5, 0.6) is 17.2 Å². The third-order valence-electron chi connectivity index (χ3n) is 7.98. The van der Waals surface area contributed by atoms with Crippen molar-refractivity contribution in [2.45, 2.75) is 75.8 Å². The average Bonchev–Trinajstić information content (AvgIpc) is 2.90. The van der Waals surface area contributed by atoms with Crippen LogP contribution in [0.4, 0.5) is 0 Å². The van der Waals surface area contributed by atoms with Crippen molar-refractivity contribution >= 4 is 17.3 Å². The zero-order valence-corrected chi connectivity index (χ0v) is 21.8. The van der Waals surface area contributed by atoms with E-state index in [0.717, 1.165) is 0 Å². The number of hydrogen-bond acceptors (Lipinski definition) is 11. The number of carbonyl (C=O) groups excluding carboxylic acids is 3. The Hall–Kier alpha value is -3.35. The third kappa shape index (κ3) is 4.12. The number of Topliss-reactive ketones (excluding diaryl/α,β-unsaturated/α-hetero) is 1. The summed E-state index contributed by atoms with van der Waals surface area (Å²) in [6.45, 7) is 3.19. The van der Waals surface area contributed by atoms with Crippen LogP contribution in [0, 0.1) is 0 Å². The van der Waals surface area contributed by atoms with Crippen molar-refractivity contribution < 1.29 is 49.0 Å². The van der Waals surface area contributed by atoms with Gasteiger partial charge in [-0.25, -0.2) is 0 Å². The van der Waals surface area contributed by atoms with E-state index in [-0.39, 0.29) is 47.3 Å². The van der Waals surface area contributed by atoms with Crippen LogP contribution >= 0.6 is 0 Å².